The van der Waals surface area contributed by atoms with Crippen molar-refractivity contribution in [1.29, 1.82) is 0 Å². The van der Waals surface area contributed by atoms with Crippen molar-refractivity contribution in [3.63, 3.8) is 0 Å². The van der Waals surface area contributed by atoms with E-state index in [-0.39, 0.29) is 31.6 Å². The van der Waals surface area contributed by atoms with Crippen LogP contribution in [0, 0.1) is 0 Å². The van der Waals surface area contributed by atoms with E-state index in [9.17, 15) is 24.0 Å². The number of aliphatic imine (C=N–C) groups is 1. The Morgan fingerprint density at radius 1 is 0.809 bits per heavy atom. The number of alkyl carbamates (subject to hydrolysis) is 2. The Hall–Kier alpha value is -3.96. The minimum Gasteiger partial charge on any atom is -0.458 e. The highest BCUT2D eigenvalue weighted by Gasteiger charge is 2.43. The predicted molar refractivity (Wildman–Crippen MR) is 176 cm³/mol. The number of esters is 1. The van der Waals surface area contributed by atoms with Crippen molar-refractivity contribution >= 4 is 30.1 Å². The second-order valence-electron chi connectivity index (χ2n) is 14.2. The summed E-state index contributed by atoms with van der Waals surface area (Å²) >= 11 is 0. The summed E-state index contributed by atoms with van der Waals surface area (Å²) < 4.78 is 21.9. The van der Waals surface area contributed by atoms with E-state index in [1.54, 1.807) is 65.8 Å². The third-order valence-electron chi connectivity index (χ3n) is 6.18. The third kappa shape index (κ3) is 18.7. The number of nitrogens with zero attached hydrogens (tertiary/aromatic N) is 1. The van der Waals surface area contributed by atoms with E-state index in [1.807, 2.05) is 26.8 Å². The molecule has 1 rings (SSSR count). The van der Waals surface area contributed by atoms with E-state index >= 15 is 0 Å². The van der Waals surface area contributed by atoms with Gasteiger partial charge in [0.1, 0.15) is 23.9 Å². The highest BCUT2D eigenvalue weighted by molar-refractivity contribution is 5.92. The number of ether oxygens (including phenoxy) is 4. The zero-order chi connectivity index (χ0) is 35.7. The lowest BCUT2D eigenvalue weighted by atomic mass is 10.0. The summed E-state index contributed by atoms with van der Waals surface area (Å²) in [4.78, 5) is 67.5. The van der Waals surface area contributed by atoms with E-state index in [0.717, 1.165) is 0 Å². The number of rotatable bonds is 17. The van der Waals surface area contributed by atoms with Crippen LogP contribution >= 0.6 is 0 Å². The van der Waals surface area contributed by atoms with Gasteiger partial charge in [0, 0.05) is 19.6 Å². The smallest absolute Gasteiger partial charge is 0.408 e. The maximum absolute atomic E-state index is 13.8. The SMILES string of the molecule is CC(C)(C)OCCCC[C@@](N=C=O)(NC(=O)[C@H](CCCCNC(=O)OC(C)(C)C)NC(=O)OC(C)(C)C)C(=O)OCc1ccccc1. The van der Waals surface area contributed by atoms with Gasteiger partial charge in [-0.15, -0.1) is 0 Å². The van der Waals surface area contributed by atoms with E-state index in [2.05, 4.69) is 20.9 Å². The summed E-state index contributed by atoms with van der Waals surface area (Å²) in [5, 5.41) is 7.80. The molecule has 3 amide bonds. The number of benzene rings is 1. The second-order valence-corrected chi connectivity index (χ2v) is 14.2. The standard InChI is InChI=1S/C34H54N4O9/c1-31(2,3)45-22-16-14-20-34(36-24-39,28(41)44-23-25-17-11-10-12-18-25)38-27(40)26(37-30(43)47-33(7,8)9)19-13-15-21-35-29(42)46-32(4,5)6/h10-12,17-18,26H,13-16,19-23H2,1-9H3,(H,35,42)(H,37,43)(H,38,40)/t26-,34+/m0/s1. The zero-order valence-electron chi connectivity index (χ0n) is 29.4. The summed E-state index contributed by atoms with van der Waals surface area (Å²) in [6.07, 6.45) is 1.69. The van der Waals surface area contributed by atoms with Crippen LogP contribution in [0.2, 0.25) is 0 Å². The van der Waals surface area contributed by atoms with Crippen LogP contribution < -0.4 is 16.0 Å². The van der Waals surface area contributed by atoms with Crippen molar-refractivity contribution in [2.75, 3.05) is 13.2 Å². The van der Waals surface area contributed by atoms with Crippen LogP contribution in [-0.2, 0) is 39.9 Å². The van der Waals surface area contributed by atoms with Crippen molar-refractivity contribution in [1.82, 2.24) is 16.0 Å². The summed E-state index contributed by atoms with van der Waals surface area (Å²) in [5.41, 5.74) is -3.28. The van der Waals surface area contributed by atoms with Crippen LogP contribution in [0.5, 0.6) is 0 Å². The van der Waals surface area contributed by atoms with Crippen molar-refractivity contribution in [3.8, 4) is 0 Å². The van der Waals surface area contributed by atoms with Gasteiger partial charge < -0.3 is 34.9 Å². The van der Waals surface area contributed by atoms with Crippen LogP contribution in [0.25, 0.3) is 0 Å². The average Bonchev–Trinajstić information content (AvgIpc) is 2.92. The van der Waals surface area contributed by atoms with Gasteiger partial charge in [-0.3, -0.25) is 4.79 Å². The molecule has 264 valence electrons. The molecule has 0 aromatic heterocycles. The van der Waals surface area contributed by atoms with Crippen LogP contribution in [0.3, 0.4) is 0 Å². The number of hydrogen-bond donors (Lipinski definition) is 3. The molecular weight excluding hydrogens is 608 g/mol. The van der Waals surface area contributed by atoms with Gasteiger partial charge in [0.15, 0.2) is 0 Å². The van der Waals surface area contributed by atoms with Gasteiger partial charge in [0.2, 0.25) is 17.6 Å². The van der Waals surface area contributed by atoms with Gasteiger partial charge >= 0.3 is 18.2 Å². The Bertz CT molecular complexity index is 1200. The van der Waals surface area contributed by atoms with Gasteiger partial charge in [-0.1, -0.05) is 30.3 Å². The Kier molecular flexibility index (Phi) is 16.6. The Labute approximate surface area is 278 Å². The predicted octanol–water partition coefficient (Wildman–Crippen LogP) is 5.45. The van der Waals surface area contributed by atoms with Gasteiger partial charge in [0.05, 0.1) is 5.60 Å². The van der Waals surface area contributed by atoms with E-state index in [1.165, 1.54) is 6.08 Å². The van der Waals surface area contributed by atoms with Gasteiger partial charge in [0.25, 0.3) is 0 Å². The van der Waals surface area contributed by atoms with Crippen LogP contribution in [-0.4, -0.2) is 71.8 Å². The molecule has 3 N–H and O–H groups in total. The monoisotopic (exact) mass is 662 g/mol. The molecule has 0 bridgehead atoms. The highest BCUT2D eigenvalue weighted by atomic mass is 16.6. The van der Waals surface area contributed by atoms with Crippen molar-refractivity contribution in [2.24, 2.45) is 4.99 Å². The second kappa shape index (κ2) is 19.0. The molecular formula is C34H54N4O9. The first kappa shape index (κ1) is 41.1. The number of carbonyl (C=O) groups excluding carboxylic acids is 5. The molecule has 13 nitrogen and oxygen atoms in total. The Balaban J connectivity index is 3.17. The van der Waals surface area contributed by atoms with E-state index in [4.69, 9.17) is 18.9 Å². The first-order valence-corrected chi connectivity index (χ1v) is 16.0. The molecule has 2 atom stereocenters. The maximum Gasteiger partial charge on any atom is 0.408 e. The highest BCUT2D eigenvalue weighted by Crippen LogP contribution is 2.21. The zero-order valence-corrected chi connectivity index (χ0v) is 29.4. The fourth-order valence-electron chi connectivity index (χ4n) is 4.11. The molecule has 0 heterocycles. The molecule has 0 saturated carbocycles. The Morgan fingerprint density at radius 2 is 1.43 bits per heavy atom. The fourth-order valence-corrected chi connectivity index (χ4v) is 4.11. The summed E-state index contributed by atoms with van der Waals surface area (Å²) in [7, 11) is 0. The number of nitrogens with one attached hydrogen (secondary N) is 3. The first-order valence-electron chi connectivity index (χ1n) is 16.0. The Morgan fingerprint density at radius 3 is 2.00 bits per heavy atom. The molecule has 0 aliphatic rings. The molecule has 0 aliphatic heterocycles. The number of unbranched alkanes of at least 4 members (excludes halogenated alkanes) is 2. The topological polar surface area (TPSA) is 171 Å². The van der Waals surface area contributed by atoms with Crippen LogP contribution in [0.1, 0.15) is 106 Å². The molecule has 0 aliphatic carbocycles. The molecule has 13 heteroatoms. The molecule has 47 heavy (non-hydrogen) atoms. The van der Waals surface area contributed by atoms with Gasteiger partial charge in [-0.25, -0.2) is 19.2 Å². The average molecular weight is 663 g/mol. The minimum atomic E-state index is -2.11. The summed E-state index contributed by atoms with van der Waals surface area (Å²) in [6, 6.07) is 7.73. The van der Waals surface area contributed by atoms with E-state index < -0.39 is 47.0 Å². The molecule has 0 unspecified atom stereocenters. The van der Waals surface area contributed by atoms with Crippen LogP contribution in [0.4, 0.5) is 9.59 Å². The fraction of sp³-hybridized carbons (Fsp3) is 0.676. The lowest BCUT2D eigenvalue weighted by Crippen LogP contribution is -2.59. The lowest BCUT2D eigenvalue weighted by Gasteiger charge is -2.30. The first-order chi connectivity index (χ1) is 21.8. The minimum absolute atomic E-state index is 0.0892. The number of amides is 3. The summed E-state index contributed by atoms with van der Waals surface area (Å²) in [5.74, 6) is -1.73. The van der Waals surface area contributed by atoms with Gasteiger partial charge in [-0.2, -0.15) is 4.99 Å². The number of isocyanates is 1. The molecule has 0 radical (unpaired) electrons. The van der Waals surface area contributed by atoms with Crippen molar-refractivity contribution < 1.29 is 42.9 Å². The van der Waals surface area contributed by atoms with Crippen molar-refractivity contribution in [3.05, 3.63) is 35.9 Å². The largest absolute Gasteiger partial charge is 0.458 e. The molecule has 0 saturated heterocycles. The third-order valence-corrected chi connectivity index (χ3v) is 6.18. The van der Waals surface area contributed by atoms with Crippen molar-refractivity contribution in [2.45, 2.75) is 136 Å². The van der Waals surface area contributed by atoms with Crippen LogP contribution in [0.15, 0.2) is 35.3 Å². The normalized spacial score (nSPS) is 13.6. The lowest BCUT2D eigenvalue weighted by molar-refractivity contribution is -0.155. The molecule has 0 spiro atoms. The molecule has 0 fully saturated rings. The molecule has 1 aromatic carbocycles. The molecule has 1 aromatic rings. The van der Waals surface area contributed by atoms with Gasteiger partial charge in [-0.05, 0) is 100.0 Å². The summed E-state index contributed by atoms with van der Waals surface area (Å²) in [6.45, 7) is 16.6. The number of hydrogen-bond acceptors (Lipinski definition) is 10. The quantitative estimate of drug-likeness (QED) is 0.0645. The van der Waals surface area contributed by atoms with E-state index in [0.29, 0.717) is 37.9 Å². The number of carbonyl (C=O) groups is 4. The maximum atomic E-state index is 13.8.